The molecule has 2 N–H and O–H groups in total. The molecule has 1 amide bonds. The van der Waals surface area contributed by atoms with E-state index in [1.807, 2.05) is 13.8 Å². The number of carbonyl (C=O) groups is 1. The van der Waals surface area contributed by atoms with Crippen molar-refractivity contribution in [2.24, 2.45) is 0 Å². The summed E-state index contributed by atoms with van der Waals surface area (Å²) >= 11 is 0. The highest BCUT2D eigenvalue weighted by Gasteiger charge is 2.08. The summed E-state index contributed by atoms with van der Waals surface area (Å²) in [6.07, 6.45) is 1.63. The Balaban J connectivity index is 2.51. The smallest absolute Gasteiger partial charge is 0.251 e. The highest BCUT2D eigenvalue weighted by Crippen LogP contribution is 2.05. The van der Waals surface area contributed by atoms with Crippen molar-refractivity contribution < 1.29 is 9.53 Å². The van der Waals surface area contributed by atoms with Crippen LogP contribution < -0.4 is 10.6 Å². The van der Waals surface area contributed by atoms with Crippen molar-refractivity contribution in [1.29, 1.82) is 0 Å². The molecular weight excluding hydrogens is 218 g/mol. The van der Waals surface area contributed by atoms with Gasteiger partial charge in [-0.3, -0.25) is 4.79 Å². The lowest BCUT2D eigenvalue weighted by molar-refractivity contribution is 0.0695. The van der Waals surface area contributed by atoms with Crippen LogP contribution >= 0.6 is 0 Å². The van der Waals surface area contributed by atoms with Gasteiger partial charge in [-0.05, 0) is 26.0 Å². The summed E-state index contributed by atoms with van der Waals surface area (Å²) in [4.78, 5) is 15.8. The molecule has 0 aliphatic rings. The van der Waals surface area contributed by atoms with Gasteiger partial charge in [0.1, 0.15) is 5.82 Å². The van der Waals surface area contributed by atoms with Crippen molar-refractivity contribution in [3.05, 3.63) is 23.9 Å². The molecule has 1 unspecified atom stereocenters. The number of aromatic nitrogens is 1. The first-order chi connectivity index (χ1) is 8.17. The Morgan fingerprint density at radius 3 is 3.00 bits per heavy atom. The molecule has 1 aromatic rings. The molecule has 1 aromatic heterocycles. The second-order valence-electron chi connectivity index (χ2n) is 3.66. The van der Waals surface area contributed by atoms with Gasteiger partial charge in [0, 0.05) is 32.0 Å². The van der Waals surface area contributed by atoms with Gasteiger partial charge in [0.15, 0.2) is 0 Å². The zero-order valence-electron chi connectivity index (χ0n) is 10.5. The fourth-order valence-electron chi connectivity index (χ4n) is 1.39. The molecule has 0 fully saturated rings. The molecule has 1 atom stereocenters. The van der Waals surface area contributed by atoms with E-state index >= 15 is 0 Å². The number of anilines is 1. The average Bonchev–Trinajstić information content (AvgIpc) is 2.36. The SMILES string of the molecule is CCOC(C)CNC(=O)c1ccnc(NC)c1. The molecular formula is C12H19N3O2. The maximum Gasteiger partial charge on any atom is 0.251 e. The van der Waals surface area contributed by atoms with E-state index in [1.54, 1.807) is 25.4 Å². The monoisotopic (exact) mass is 237 g/mol. The fraction of sp³-hybridized carbons (Fsp3) is 0.500. The largest absolute Gasteiger partial charge is 0.377 e. The number of carbonyl (C=O) groups excluding carboxylic acids is 1. The number of rotatable bonds is 6. The second-order valence-corrected chi connectivity index (χ2v) is 3.66. The van der Waals surface area contributed by atoms with Gasteiger partial charge in [0.25, 0.3) is 5.91 Å². The predicted molar refractivity (Wildman–Crippen MR) is 67.2 cm³/mol. The summed E-state index contributed by atoms with van der Waals surface area (Å²) in [5.41, 5.74) is 0.591. The van der Waals surface area contributed by atoms with E-state index in [0.717, 1.165) is 0 Å². The van der Waals surface area contributed by atoms with Gasteiger partial charge in [-0.25, -0.2) is 4.98 Å². The maximum absolute atomic E-state index is 11.8. The lowest BCUT2D eigenvalue weighted by Crippen LogP contribution is -2.32. The van der Waals surface area contributed by atoms with E-state index in [4.69, 9.17) is 4.74 Å². The zero-order chi connectivity index (χ0) is 12.7. The van der Waals surface area contributed by atoms with Crippen molar-refractivity contribution in [3.63, 3.8) is 0 Å². The summed E-state index contributed by atoms with van der Waals surface area (Å²) in [5.74, 6) is 0.561. The Kier molecular flexibility index (Phi) is 5.42. The van der Waals surface area contributed by atoms with Crippen LogP contribution in [0.4, 0.5) is 5.82 Å². The molecule has 0 aliphatic carbocycles. The molecule has 5 nitrogen and oxygen atoms in total. The van der Waals surface area contributed by atoms with Crippen LogP contribution in [0.25, 0.3) is 0 Å². The van der Waals surface area contributed by atoms with Gasteiger partial charge in [-0.2, -0.15) is 0 Å². The Bertz CT molecular complexity index is 369. The Hall–Kier alpha value is -1.62. The summed E-state index contributed by atoms with van der Waals surface area (Å²) in [6, 6.07) is 3.39. The lowest BCUT2D eigenvalue weighted by atomic mass is 10.2. The quantitative estimate of drug-likeness (QED) is 0.782. The van der Waals surface area contributed by atoms with Crippen LogP contribution in [-0.2, 0) is 4.74 Å². The predicted octanol–water partition coefficient (Wildman–Crippen LogP) is 1.28. The molecule has 0 aliphatic heterocycles. The first-order valence-corrected chi connectivity index (χ1v) is 5.71. The van der Waals surface area contributed by atoms with Gasteiger partial charge < -0.3 is 15.4 Å². The molecule has 94 valence electrons. The van der Waals surface area contributed by atoms with E-state index in [2.05, 4.69) is 15.6 Å². The fourth-order valence-corrected chi connectivity index (χ4v) is 1.39. The highest BCUT2D eigenvalue weighted by atomic mass is 16.5. The summed E-state index contributed by atoms with van der Waals surface area (Å²) in [5, 5.41) is 5.71. The van der Waals surface area contributed by atoms with Crippen molar-refractivity contribution in [1.82, 2.24) is 10.3 Å². The average molecular weight is 237 g/mol. The molecule has 0 saturated heterocycles. The van der Waals surface area contributed by atoms with Gasteiger partial charge in [0.2, 0.25) is 0 Å². The van der Waals surface area contributed by atoms with Gasteiger partial charge in [-0.15, -0.1) is 0 Å². The minimum absolute atomic E-state index is 0.0227. The number of nitrogens with one attached hydrogen (secondary N) is 2. The number of amides is 1. The van der Waals surface area contributed by atoms with Crippen LogP contribution in [0.2, 0.25) is 0 Å². The van der Waals surface area contributed by atoms with Crippen molar-refractivity contribution in [2.75, 3.05) is 25.5 Å². The minimum atomic E-state index is -0.115. The van der Waals surface area contributed by atoms with E-state index < -0.39 is 0 Å². The highest BCUT2D eigenvalue weighted by molar-refractivity contribution is 5.94. The number of hydrogen-bond donors (Lipinski definition) is 2. The number of hydrogen-bond acceptors (Lipinski definition) is 4. The molecule has 0 spiro atoms. The number of ether oxygens (including phenoxy) is 1. The molecule has 0 aromatic carbocycles. The van der Waals surface area contributed by atoms with Crippen LogP contribution in [0.15, 0.2) is 18.3 Å². The van der Waals surface area contributed by atoms with E-state index in [1.165, 1.54) is 0 Å². The molecule has 0 bridgehead atoms. The van der Waals surface area contributed by atoms with E-state index in [-0.39, 0.29) is 12.0 Å². The van der Waals surface area contributed by atoms with E-state index in [9.17, 15) is 4.79 Å². The third-order valence-corrected chi connectivity index (χ3v) is 2.28. The summed E-state index contributed by atoms with van der Waals surface area (Å²) in [7, 11) is 1.77. The number of pyridine rings is 1. The topological polar surface area (TPSA) is 63.2 Å². The third kappa shape index (κ3) is 4.40. The second kappa shape index (κ2) is 6.85. The minimum Gasteiger partial charge on any atom is -0.377 e. The first-order valence-electron chi connectivity index (χ1n) is 5.71. The third-order valence-electron chi connectivity index (χ3n) is 2.28. The zero-order valence-corrected chi connectivity index (χ0v) is 10.5. The van der Waals surface area contributed by atoms with Gasteiger partial charge in [-0.1, -0.05) is 0 Å². The molecule has 0 radical (unpaired) electrons. The summed E-state index contributed by atoms with van der Waals surface area (Å²) in [6.45, 7) is 5.01. The van der Waals surface area contributed by atoms with Crippen LogP contribution in [-0.4, -0.2) is 37.2 Å². The molecule has 1 heterocycles. The standard InChI is InChI=1S/C12H19N3O2/c1-4-17-9(2)8-15-12(16)10-5-6-14-11(7-10)13-3/h5-7,9H,4,8H2,1-3H3,(H,13,14)(H,15,16). The molecule has 5 heteroatoms. The molecule has 0 saturated carbocycles. The van der Waals surface area contributed by atoms with Crippen molar-refractivity contribution in [2.45, 2.75) is 20.0 Å². The normalized spacial score (nSPS) is 11.9. The molecule has 17 heavy (non-hydrogen) atoms. The van der Waals surface area contributed by atoms with Gasteiger partial charge in [0.05, 0.1) is 6.10 Å². The Morgan fingerprint density at radius 2 is 2.35 bits per heavy atom. The summed E-state index contributed by atoms with van der Waals surface area (Å²) < 4.78 is 5.33. The van der Waals surface area contributed by atoms with Gasteiger partial charge >= 0.3 is 0 Å². The van der Waals surface area contributed by atoms with Crippen molar-refractivity contribution in [3.8, 4) is 0 Å². The molecule has 1 rings (SSSR count). The Morgan fingerprint density at radius 1 is 1.59 bits per heavy atom. The van der Waals surface area contributed by atoms with Crippen LogP contribution in [0.3, 0.4) is 0 Å². The van der Waals surface area contributed by atoms with Crippen LogP contribution in [0.1, 0.15) is 24.2 Å². The van der Waals surface area contributed by atoms with Crippen LogP contribution in [0, 0.1) is 0 Å². The van der Waals surface area contributed by atoms with E-state index in [0.29, 0.717) is 24.5 Å². The van der Waals surface area contributed by atoms with Crippen molar-refractivity contribution >= 4 is 11.7 Å². The Labute approximate surface area is 102 Å². The first kappa shape index (κ1) is 13.4. The lowest BCUT2D eigenvalue weighted by Gasteiger charge is -2.12. The number of nitrogens with zero attached hydrogens (tertiary/aromatic N) is 1. The van der Waals surface area contributed by atoms with Crippen LogP contribution in [0.5, 0.6) is 0 Å². The maximum atomic E-state index is 11.8.